The maximum absolute atomic E-state index is 13.8. The molecule has 4 nitrogen and oxygen atoms in total. The van der Waals surface area contributed by atoms with Crippen molar-refractivity contribution in [2.24, 2.45) is 0 Å². The van der Waals surface area contributed by atoms with Crippen LogP contribution in [-0.4, -0.2) is 10.9 Å². The molecule has 3 rings (SSSR count). The van der Waals surface area contributed by atoms with Crippen LogP contribution in [-0.2, 0) is 13.0 Å². The lowest BCUT2D eigenvalue weighted by Crippen LogP contribution is -2.36. The van der Waals surface area contributed by atoms with Crippen molar-refractivity contribution in [2.45, 2.75) is 53.5 Å². The number of pyridine rings is 1. The summed E-state index contributed by atoms with van der Waals surface area (Å²) in [5, 5.41) is 0. The molecule has 2 aromatic carbocycles. The Morgan fingerprint density at radius 3 is 2.43 bits per heavy atom. The number of nitrogens with one attached hydrogen (secondary N) is 1. The Morgan fingerprint density at radius 1 is 1.00 bits per heavy atom. The molecule has 0 fully saturated rings. The van der Waals surface area contributed by atoms with Crippen LogP contribution < -0.4 is 10.3 Å². The number of aromatic amines is 1. The Labute approximate surface area is 178 Å². The summed E-state index contributed by atoms with van der Waals surface area (Å²) in [6.07, 6.45) is 2.59. The molecule has 0 aliphatic carbocycles. The van der Waals surface area contributed by atoms with Gasteiger partial charge >= 0.3 is 0 Å². The molecule has 0 spiro atoms. The average Bonchev–Trinajstić information content (AvgIpc) is 2.72. The molecule has 3 aromatic rings. The number of aryl methyl sites for hydroxylation is 3. The second-order valence-corrected chi connectivity index (χ2v) is 7.87. The number of carbonyl (C=O) groups is 1. The lowest BCUT2D eigenvalue weighted by molar-refractivity contribution is 0.0982. The maximum Gasteiger partial charge on any atom is 0.264 e. The molecule has 156 valence electrons. The highest BCUT2D eigenvalue weighted by molar-refractivity contribution is 6.07. The van der Waals surface area contributed by atoms with E-state index < -0.39 is 0 Å². The maximum atomic E-state index is 13.8. The zero-order valence-electron chi connectivity index (χ0n) is 18.3. The van der Waals surface area contributed by atoms with E-state index in [0.29, 0.717) is 13.0 Å². The third-order valence-electron chi connectivity index (χ3n) is 5.53. The van der Waals surface area contributed by atoms with E-state index in [1.54, 1.807) is 4.90 Å². The normalized spacial score (nSPS) is 10.8. The van der Waals surface area contributed by atoms with Crippen molar-refractivity contribution in [2.75, 3.05) is 4.90 Å². The van der Waals surface area contributed by atoms with Crippen LogP contribution in [0.25, 0.3) is 0 Å². The third kappa shape index (κ3) is 4.70. The minimum Gasteiger partial charge on any atom is -0.362 e. The van der Waals surface area contributed by atoms with Gasteiger partial charge in [0.15, 0.2) is 5.43 Å². The molecule has 0 unspecified atom stereocenters. The first kappa shape index (κ1) is 21.6. The van der Waals surface area contributed by atoms with E-state index in [0.717, 1.165) is 46.6 Å². The predicted molar refractivity (Wildman–Crippen MR) is 123 cm³/mol. The third-order valence-corrected chi connectivity index (χ3v) is 5.53. The smallest absolute Gasteiger partial charge is 0.264 e. The number of carbonyl (C=O) groups excluding carboxylic acids is 1. The molecule has 1 amide bonds. The second kappa shape index (κ2) is 9.57. The summed E-state index contributed by atoms with van der Waals surface area (Å²) in [4.78, 5) is 31.8. The summed E-state index contributed by atoms with van der Waals surface area (Å²) in [6.45, 7) is 8.43. The molecule has 1 N–H and O–H groups in total. The van der Waals surface area contributed by atoms with Crippen molar-refractivity contribution in [3.63, 3.8) is 0 Å². The zero-order chi connectivity index (χ0) is 21.7. The van der Waals surface area contributed by atoms with E-state index in [4.69, 9.17) is 0 Å². The largest absolute Gasteiger partial charge is 0.362 e. The topological polar surface area (TPSA) is 53.2 Å². The van der Waals surface area contributed by atoms with Crippen molar-refractivity contribution in [1.82, 2.24) is 4.98 Å². The highest BCUT2D eigenvalue weighted by Gasteiger charge is 2.25. The Morgan fingerprint density at radius 2 is 1.73 bits per heavy atom. The lowest BCUT2D eigenvalue weighted by Gasteiger charge is -2.26. The van der Waals surface area contributed by atoms with Crippen molar-refractivity contribution < 1.29 is 4.79 Å². The summed E-state index contributed by atoms with van der Waals surface area (Å²) in [6, 6.07) is 17.4. The Kier molecular flexibility index (Phi) is 6.88. The monoisotopic (exact) mass is 402 g/mol. The zero-order valence-corrected chi connectivity index (χ0v) is 18.3. The van der Waals surface area contributed by atoms with Gasteiger partial charge in [-0.25, -0.2) is 0 Å². The molecule has 0 saturated heterocycles. The van der Waals surface area contributed by atoms with E-state index in [1.807, 2.05) is 69.3 Å². The quantitative estimate of drug-likeness (QED) is 0.568. The van der Waals surface area contributed by atoms with Gasteiger partial charge in [-0.05, 0) is 56.4 Å². The highest BCUT2D eigenvalue weighted by Crippen LogP contribution is 2.26. The minimum atomic E-state index is -0.250. The molecular weight excluding hydrogens is 372 g/mol. The van der Waals surface area contributed by atoms with Crippen LogP contribution in [0, 0.1) is 20.8 Å². The van der Waals surface area contributed by atoms with Crippen LogP contribution in [0.1, 0.15) is 58.2 Å². The number of amides is 1. The van der Waals surface area contributed by atoms with Gasteiger partial charge in [0.2, 0.25) is 0 Å². The van der Waals surface area contributed by atoms with E-state index in [2.05, 4.69) is 11.9 Å². The second-order valence-electron chi connectivity index (χ2n) is 7.87. The van der Waals surface area contributed by atoms with Gasteiger partial charge in [-0.3, -0.25) is 9.59 Å². The molecule has 0 saturated carbocycles. The number of hydrogen-bond donors (Lipinski definition) is 1. The molecule has 0 bridgehead atoms. The Hall–Kier alpha value is -3.14. The number of hydrogen-bond acceptors (Lipinski definition) is 2. The summed E-state index contributed by atoms with van der Waals surface area (Å²) in [7, 11) is 0. The fourth-order valence-electron chi connectivity index (χ4n) is 3.72. The Bertz CT molecular complexity index is 1080. The van der Waals surface area contributed by atoms with Crippen molar-refractivity contribution in [1.29, 1.82) is 0 Å². The minimum absolute atomic E-state index is 0.217. The van der Waals surface area contributed by atoms with Crippen LogP contribution in [0.4, 0.5) is 5.69 Å². The van der Waals surface area contributed by atoms with Crippen molar-refractivity contribution >= 4 is 11.6 Å². The van der Waals surface area contributed by atoms with Gasteiger partial charge in [0.25, 0.3) is 5.91 Å². The van der Waals surface area contributed by atoms with Gasteiger partial charge in [-0.15, -0.1) is 0 Å². The standard InChI is InChI=1S/C26H30N2O2/c1-5-6-14-22-25(24(29)16-19(3)27-22)26(30)28(17-21-12-8-7-9-13-21)23-15-10-11-18(2)20(23)4/h7-13,15-16H,5-6,14,17H2,1-4H3,(H,27,29). The SMILES string of the molecule is CCCCc1[nH]c(C)cc(=O)c1C(=O)N(Cc1ccccc1)c1cccc(C)c1C. The van der Waals surface area contributed by atoms with Gasteiger partial charge in [0.05, 0.1) is 6.54 Å². The first-order valence-corrected chi connectivity index (χ1v) is 10.6. The molecule has 0 atom stereocenters. The fourth-order valence-corrected chi connectivity index (χ4v) is 3.72. The number of unbranched alkanes of at least 4 members (excludes halogenated alkanes) is 1. The van der Waals surface area contributed by atoms with Gasteiger partial charge < -0.3 is 9.88 Å². The molecule has 1 aromatic heterocycles. The lowest BCUT2D eigenvalue weighted by atomic mass is 10.0. The fraction of sp³-hybridized carbons (Fsp3) is 0.308. The molecule has 30 heavy (non-hydrogen) atoms. The van der Waals surface area contributed by atoms with Gasteiger partial charge in [-0.1, -0.05) is 55.8 Å². The molecule has 0 radical (unpaired) electrons. The number of rotatable bonds is 7. The average molecular weight is 403 g/mol. The number of H-pyrrole nitrogens is 1. The number of benzene rings is 2. The summed E-state index contributed by atoms with van der Waals surface area (Å²) < 4.78 is 0. The van der Waals surface area contributed by atoms with Gasteiger partial charge in [-0.2, -0.15) is 0 Å². The van der Waals surface area contributed by atoms with Crippen LogP contribution in [0.5, 0.6) is 0 Å². The molecular formula is C26H30N2O2. The van der Waals surface area contributed by atoms with Gasteiger partial charge in [0.1, 0.15) is 5.56 Å². The first-order valence-electron chi connectivity index (χ1n) is 10.6. The first-order chi connectivity index (χ1) is 14.4. The van der Waals surface area contributed by atoms with Gasteiger partial charge in [0, 0.05) is 23.1 Å². The van der Waals surface area contributed by atoms with Crippen LogP contribution in [0.15, 0.2) is 59.4 Å². The van der Waals surface area contributed by atoms with E-state index in [9.17, 15) is 9.59 Å². The highest BCUT2D eigenvalue weighted by atomic mass is 16.2. The summed E-state index contributed by atoms with van der Waals surface area (Å²) in [5.74, 6) is -0.250. The van der Waals surface area contributed by atoms with Crippen LogP contribution >= 0.6 is 0 Å². The number of aromatic nitrogens is 1. The predicted octanol–water partition coefficient (Wildman–Crippen LogP) is 5.49. The molecule has 1 heterocycles. The van der Waals surface area contributed by atoms with Crippen LogP contribution in [0.2, 0.25) is 0 Å². The van der Waals surface area contributed by atoms with E-state index in [-0.39, 0.29) is 16.9 Å². The Balaban J connectivity index is 2.13. The number of anilines is 1. The molecule has 0 aliphatic heterocycles. The van der Waals surface area contributed by atoms with Crippen LogP contribution in [0.3, 0.4) is 0 Å². The molecule has 0 aliphatic rings. The summed E-state index contributed by atoms with van der Waals surface area (Å²) >= 11 is 0. The molecule has 4 heteroatoms. The van der Waals surface area contributed by atoms with E-state index in [1.165, 1.54) is 6.07 Å². The van der Waals surface area contributed by atoms with Crippen molar-refractivity contribution in [3.05, 3.63) is 98.5 Å². The summed E-state index contributed by atoms with van der Waals surface area (Å²) in [5.41, 5.74) is 5.56. The van der Waals surface area contributed by atoms with Crippen molar-refractivity contribution in [3.8, 4) is 0 Å². The van der Waals surface area contributed by atoms with E-state index >= 15 is 0 Å². The number of nitrogens with zero attached hydrogens (tertiary/aromatic N) is 1.